The highest BCUT2D eigenvalue weighted by molar-refractivity contribution is 6.37. The molecular formula is C11H14BClO2. The molecule has 0 saturated carbocycles. The van der Waals surface area contributed by atoms with Gasteiger partial charge in [0.25, 0.3) is 0 Å². The fraction of sp³-hybridized carbons (Fsp3) is 0.364. The lowest BCUT2D eigenvalue weighted by molar-refractivity contribution is 0.0500. The van der Waals surface area contributed by atoms with E-state index in [-0.39, 0.29) is 5.97 Å². The van der Waals surface area contributed by atoms with Crippen molar-refractivity contribution < 1.29 is 9.53 Å². The zero-order valence-corrected chi connectivity index (χ0v) is 9.80. The number of hydrogen-bond donors (Lipinski definition) is 0. The van der Waals surface area contributed by atoms with Crippen LogP contribution in [0.2, 0.25) is 5.02 Å². The molecule has 0 unspecified atom stereocenters. The lowest BCUT2D eigenvalue weighted by Crippen LogP contribution is -2.10. The Labute approximate surface area is 96.0 Å². The Hall–Kier alpha value is -0.955. The summed E-state index contributed by atoms with van der Waals surface area (Å²) in [6.07, 6.45) is 1.89. The van der Waals surface area contributed by atoms with Crippen LogP contribution in [0.5, 0.6) is 0 Å². The number of ether oxygens (including phenoxy) is 1. The third kappa shape index (κ3) is 3.59. The van der Waals surface area contributed by atoms with Gasteiger partial charge in [-0.25, -0.2) is 4.79 Å². The van der Waals surface area contributed by atoms with Crippen LogP contribution in [-0.4, -0.2) is 20.4 Å². The van der Waals surface area contributed by atoms with Crippen molar-refractivity contribution >= 4 is 30.9 Å². The zero-order valence-electron chi connectivity index (χ0n) is 9.05. The molecule has 0 fully saturated rings. The van der Waals surface area contributed by atoms with Crippen LogP contribution in [0.1, 0.15) is 30.1 Å². The average molecular weight is 224 g/mol. The van der Waals surface area contributed by atoms with Crippen LogP contribution >= 0.6 is 11.6 Å². The molecule has 0 amide bonds. The standard InChI is InChI=1S/C11H14BClO2/c1-2-3-6-15-11(14)9-5-4-8(12)7-10(9)13/h4-5,7H,2-3,6,12H2,1H3. The number of carbonyl (C=O) groups is 1. The van der Waals surface area contributed by atoms with Gasteiger partial charge in [0.05, 0.1) is 17.2 Å². The molecule has 0 radical (unpaired) electrons. The van der Waals surface area contributed by atoms with Crippen molar-refractivity contribution in [3.63, 3.8) is 0 Å². The molecule has 0 heterocycles. The van der Waals surface area contributed by atoms with Gasteiger partial charge in [-0.3, -0.25) is 0 Å². The van der Waals surface area contributed by atoms with Crippen molar-refractivity contribution in [2.24, 2.45) is 0 Å². The third-order valence-electron chi connectivity index (χ3n) is 2.08. The minimum absolute atomic E-state index is 0.339. The van der Waals surface area contributed by atoms with Crippen molar-refractivity contribution in [1.82, 2.24) is 0 Å². The van der Waals surface area contributed by atoms with E-state index in [9.17, 15) is 4.79 Å². The molecule has 4 heteroatoms. The molecule has 0 bridgehead atoms. The molecule has 1 aromatic rings. The Morgan fingerprint density at radius 2 is 2.27 bits per heavy atom. The molecule has 15 heavy (non-hydrogen) atoms. The van der Waals surface area contributed by atoms with E-state index in [0.29, 0.717) is 17.2 Å². The van der Waals surface area contributed by atoms with Gasteiger partial charge in [0, 0.05) is 0 Å². The Morgan fingerprint density at radius 1 is 1.53 bits per heavy atom. The lowest BCUT2D eigenvalue weighted by atomic mass is 9.95. The van der Waals surface area contributed by atoms with Crippen molar-refractivity contribution in [3.8, 4) is 0 Å². The normalized spacial score (nSPS) is 10.0. The fourth-order valence-corrected chi connectivity index (χ4v) is 1.48. The van der Waals surface area contributed by atoms with E-state index in [4.69, 9.17) is 16.3 Å². The Balaban J connectivity index is 2.65. The Kier molecular flexibility index (Phi) is 4.69. The van der Waals surface area contributed by atoms with Crippen LogP contribution in [0, 0.1) is 0 Å². The van der Waals surface area contributed by atoms with E-state index in [1.165, 1.54) is 0 Å². The van der Waals surface area contributed by atoms with Gasteiger partial charge in [0.15, 0.2) is 0 Å². The molecule has 1 aromatic carbocycles. The van der Waals surface area contributed by atoms with Gasteiger partial charge in [-0.2, -0.15) is 0 Å². The number of hydrogen-bond acceptors (Lipinski definition) is 2. The molecular weight excluding hydrogens is 210 g/mol. The van der Waals surface area contributed by atoms with Gasteiger partial charge in [-0.05, 0) is 18.6 Å². The molecule has 1 rings (SSSR count). The highest BCUT2D eigenvalue weighted by Gasteiger charge is 2.10. The molecule has 0 atom stereocenters. The maximum absolute atomic E-state index is 11.5. The number of benzene rings is 1. The molecule has 0 spiro atoms. The molecule has 0 aliphatic rings. The number of esters is 1. The first-order valence-corrected chi connectivity index (χ1v) is 5.46. The summed E-state index contributed by atoms with van der Waals surface area (Å²) in [6, 6.07) is 5.31. The van der Waals surface area contributed by atoms with E-state index in [2.05, 4.69) is 0 Å². The minimum atomic E-state index is -0.339. The molecule has 2 nitrogen and oxygen atoms in total. The molecule has 0 aliphatic heterocycles. The topological polar surface area (TPSA) is 26.3 Å². The van der Waals surface area contributed by atoms with Crippen molar-refractivity contribution in [1.29, 1.82) is 0 Å². The number of halogens is 1. The van der Waals surface area contributed by atoms with Gasteiger partial charge >= 0.3 is 5.97 Å². The highest BCUT2D eigenvalue weighted by atomic mass is 35.5. The summed E-state index contributed by atoms with van der Waals surface area (Å²) in [5.74, 6) is -0.339. The van der Waals surface area contributed by atoms with Crippen molar-refractivity contribution in [2.45, 2.75) is 19.8 Å². The molecule has 0 N–H and O–H groups in total. The van der Waals surface area contributed by atoms with Crippen LogP contribution in [-0.2, 0) is 4.74 Å². The van der Waals surface area contributed by atoms with Crippen LogP contribution in [0.4, 0.5) is 0 Å². The average Bonchev–Trinajstić information content (AvgIpc) is 2.17. The summed E-state index contributed by atoms with van der Waals surface area (Å²) >= 11 is 5.94. The van der Waals surface area contributed by atoms with Crippen LogP contribution in [0.25, 0.3) is 0 Å². The lowest BCUT2D eigenvalue weighted by Gasteiger charge is -2.05. The first-order valence-electron chi connectivity index (χ1n) is 5.08. The Morgan fingerprint density at radius 3 is 2.87 bits per heavy atom. The molecule has 80 valence electrons. The van der Waals surface area contributed by atoms with E-state index in [0.717, 1.165) is 18.3 Å². The van der Waals surface area contributed by atoms with E-state index < -0.39 is 0 Å². The van der Waals surface area contributed by atoms with Gasteiger partial charge in [-0.1, -0.05) is 36.5 Å². The van der Waals surface area contributed by atoms with Crippen LogP contribution in [0.15, 0.2) is 18.2 Å². The summed E-state index contributed by atoms with van der Waals surface area (Å²) in [4.78, 5) is 11.5. The third-order valence-corrected chi connectivity index (χ3v) is 2.39. The minimum Gasteiger partial charge on any atom is -0.462 e. The molecule has 0 aromatic heterocycles. The number of unbranched alkanes of at least 4 members (excludes halogenated alkanes) is 1. The second-order valence-electron chi connectivity index (χ2n) is 3.47. The second kappa shape index (κ2) is 5.81. The first-order chi connectivity index (χ1) is 7.15. The van der Waals surface area contributed by atoms with Gasteiger partial charge in [-0.15, -0.1) is 0 Å². The SMILES string of the molecule is Bc1ccc(C(=O)OCCCC)c(Cl)c1. The monoisotopic (exact) mass is 224 g/mol. The molecule has 0 aliphatic carbocycles. The summed E-state index contributed by atoms with van der Waals surface area (Å²) in [7, 11) is 1.93. The second-order valence-corrected chi connectivity index (χ2v) is 3.88. The van der Waals surface area contributed by atoms with Crippen LogP contribution in [0.3, 0.4) is 0 Å². The first kappa shape index (κ1) is 12.1. The number of carbonyl (C=O) groups excluding carboxylic acids is 1. The van der Waals surface area contributed by atoms with E-state index >= 15 is 0 Å². The maximum Gasteiger partial charge on any atom is 0.339 e. The summed E-state index contributed by atoms with van der Waals surface area (Å²) in [6.45, 7) is 2.51. The van der Waals surface area contributed by atoms with Gasteiger partial charge in [0.2, 0.25) is 0 Å². The highest BCUT2D eigenvalue weighted by Crippen LogP contribution is 2.14. The van der Waals surface area contributed by atoms with E-state index in [1.807, 2.05) is 20.8 Å². The summed E-state index contributed by atoms with van der Waals surface area (Å²) < 4.78 is 5.07. The summed E-state index contributed by atoms with van der Waals surface area (Å²) in [5.41, 5.74) is 1.48. The maximum atomic E-state index is 11.5. The predicted octanol–water partition coefficient (Wildman–Crippen LogP) is 1.56. The number of rotatable bonds is 4. The summed E-state index contributed by atoms with van der Waals surface area (Å²) in [5, 5.41) is 0.455. The Bertz CT molecular complexity index is 352. The van der Waals surface area contributed by atoms with Gasteiger partial charge < -0.3 is 4.74 Å². The molecule has 0 saturated heterocycles. The van der Waals surface area contributed by atoms with Gasteiger partial charge in [0.1, 0.15) is 7.85 Å². The van der Waals surface area contributed by atoms with Crippen molar-refractivity contribution in [3.05, 3.63) is 28.8 Å². The largest absolute Gasteiger partial charge is 0.462 e. The smallest absolute Gasteiger partial charge is 0.339 e. The zero-order chi connectivity index (χ0) is 11.3. The van der Waals surface area contributed by atoms with E-state index in [1.54, 1.807) is 12.1 Å². The fourth-order valence-electron chi connectivity index (χ4n) is 1.17. The van der Waals surface area contributed by atoms with Crippen LogP contribution < -0.4 is 5.46 Å². The quantitative estimate of drug-likeness (QED) is 0.441. The predicted molar refractivity (Wildman–Crippen MR) is 64.8 cm³/mol. The van der Waals surface area contributed by atoms with Crippen molar-refractivity contribution in [2.75, 3.05) is 6.61 Å².